The van der Waals surface area contributed by atoms with E-state index in [0.717, 1.165) is 0 Å². The molecule has 1 aromatic heterocycles. The summed E-state index contributed by atoms with van der Waals surface area (Å²) < 4.78 is 1.58. The van der Waals surface area contributed by atoms with Crippen LogP contribution in [-0.2, 0) is 0 Å². The van der Waals surface area contributed by atoms with E-state index in [1.54, 1.807) is 16.8 Å². The Balaban J connectivity index is 3.13. The van der Waals surface area contributed by atoms with Crippen molar-refractivity contribution in [3.63, 3.8) is 0 Å². The van der Waals surface area contributed by atoms with Crippen molar-refractivity contribution in [3.8, 4) is 0 Å². The van der Waals surface area contributed by atoms with Crippen LogP contribution in [0.1, 0.15) is 30.2 Å². The minimum atomic E-state index is -0.238. The number of rotatable bonds is 2. The molecule has 1 aromatic rings. The lowest BCUT2D eigenvalue weighted by Gasteiger charge is -2.09. The normalized spacial score (nSPS) is 10.3. The van der Waals surface area contributed by atoms with Crippen molar-refractivity contribution in [3.05, 3.63) is 34.2 Å². The minimum Gasteiger partial charge on any atom is -0.355 e. The van der Waals surface area contributed by atoms with Crippen molar-refractivity contribution < 1.29 is 4.79 Å². The number of carbonyl (C=O) groups excluding carboxylic acids is 1. The first kappa shape index (κ1) is 10.5. The Morgan fingerprint density at radius 2 is 2.14 bits per heavy atom. The Kier molecular flexibility index (Phi) is 3.06. The lowest BCUT2D eigenvalue weighted by Crippen LogP contribution is -2.25. The van der Waals surface area contributed by atoms with Crippen LogP contribution in [0.4, 0.5) is 0 Å². The molecule has 76 valence electrons. The van der Waals surface area contributed by atoms with Crippen LogP contribution in [0.15, 0.2) is 23.1 Å². The number of pyridine rings is 1. The van der Waals surface area contributed by atoms with Crippen molar-refractivity contribution in [2.24, 2.45) is 0 Å². The van der Waals surface area contributed by atoms with Crippen molar-refractivity contribution in [1.29, 1.82) is 0 Å². The van der Waals surface area contributed by atoms with Gasteiger partial charge in [0.2, 0.25) is 0 Å². The van der Waals surface area contributed by atoms with Crippen LogP contribution in [0.25, 0.3) is 0 Å². The molecule has 1 rings (SSSR count). The maximum absolute atomic E-state index is 11.5. The van der Waals surface area contributed by atoms with Crippen LogP contribution < -0.4 is 10.9 Å². The lowest BCUT2D eigenvalue weighted by molar-refractivity contribution is 0.0962. The molecule has 0 aliphatic carbocycles. The fourth-order valence-corrected chi connectivity index (χ4v) is 1.20. The molecule has 0 fully saturated rings. The highest BCUT2D eigenvalue weighted by atomic mass is 16.2. The maximum atomic E-state index is 11.5. The Labute approximate surface area is 82.6 Å². The van der Waals surface area contributed by atoms with Crippen LogP contribution in [-0.4, -0.2) is 17.5 Å². The monoisotopic (exact) mass is 194 g/mol. The van der Waals surface area contributed by atoms with Crippen molar-refractivity contribution >= 4 is 5.91 Å². The highest BCUT2D eigenvalue weighted by Gasteiger charge is 2.06. The number of amides is 1. The first-order chi connectivity index (χ1) is 6.56. The molecule has 14 heavy (non-hydrogen) atoms. The SMILES string of the molecule is CNC(=O)c1ccn(C(C)C)c(=O)c1. The van der Waals surface area contributed by atoms with Crippen molar-refractivity contribution in [2.45, 2.75) is 19.9 Å². The molecule has 0 aromatic carbocycles. The van der Waals surface area contributed by atoms with Crippen molar-refractivity contribution in [1.82, 2.24) is 9.88 Å². The van der Waals surface area contributed by atoms with Gasteiger partial charge < -0.3 is 9.88 Å². The van der Waals surface area contributed by atoms with E-state index in [-0.39, 0.29) is 17.5 Å². The molecule has 0 spiro atoms. The van der Waals surface area contributed by atoms with E-state index in [1.807, 2.05) is 13.8 Å². The van der Waals surface area contributed by atoms with Gasteiger partial charge in [-0.2, -0.15) is 0 Å². The van der Waals surface area contributed by atoms with Crippen LogP contribution in [0.3, 0.4) is 0 Å². The third-order valence-electron chi connectivity index (χ3n) is 1.99. The molecule has 0 aliphatic rings. The third-order valence-corrected chi connectivity index (χ3v) is 1.99. The van der Waals surface area contributed by atoms with Crippen LogP contribution in [0.2, 0.25) is 0 Å². The van der Waals surface area contributed by atoms with E-state index in [1.165, 1.54) is 13.1 Å². The summed E-state index contributed by atoms with van der Waals surface area (Å²) in [6, 6.07) is 3.10. The largest absolute Gasteiger partial charge is 0.355 e. The van der Waals surface area contributed by atoms with Crippen molar-refractivity contribution in [2.75, 3.05) is 7.05 Å². The predicted octanol–water partition coefficient (Wildman–Crippen LogP) is 0.789. The molecule has 4 nitrogen and oxygen atoms in total. The van der Waals surface area contributed by atoms with Gasteiger partial charge in [0.15, 0.2) is 0 Å². The van der Waals surface area contributed by atoms with E-state index in [2.05, 4.69) is 5.32 Å². The summed E-state index contributed by atoms with van der Waals surface area (Å²) in [4.78, 5) is 22.7. The van der Waals surface area contributed by atoms with Gasteiger partial charge in [0.1, 0.15) is 0 Å². The summed E-state index contributed by atoms with van der Waals surface area (Å²) >= 11 is 0. The number of carbonyl (C=O) groups is 1. The molecule has 0 radical (unpaired) electrons. The van der Waals surface area contributed by atoms with E-state index < -0.39 is 0 Å². The summed E-state index contributed by atoms with van der Waals surface area (Å²) in [5.74, 6) is -0.238. The summed E-state index contributed by atoms with van der Waals surface area (Å²) in [6.45, 7) is 3.84. The summed E-state index contributed by atoms with van der Waals surface area (Å²) in [5.41, 5.74) is 0.246. The molecule has 0 saturated heterocycles. The fraction of sp³-hybridized carbons (Fsp3) is 0.400. The van der Waals surface area contributed by atoms with Gasteiger partial charge in [0.25, 0.3) is 11.5 Å². The highest BCUT2D eigenvalue weighted by molar-refractivity contribution is 5.93. The smallest absolute Gasteiger partial charge is 0.251 e. The molecule has 0 aliphatic heterocycles. The molecule has 0 bridgehead atoms. The minimum absolute atomic E-state index is 0.112. The molecule has 1 amide bonds. The zero-order valence-corrected chi connectivity index (χ0v) is 8.57. The van der Waals surface area contributed by atoms with Crippen LogP contribution in [0.5, 0.6) is 0 Å². The van der Waals surface area contributed by atoms with E-state index in [9.17, 15) is 9.59 Å². The van der Waals surface area contributed by atoms with Gasteiger partial charge in [0, 0.05) is 30.9 Å². The summed E-state index contributed by atoms with van der Waals surface area (Å²) in [6.07, 6.45) is 1.64. The van der Waals surface area contributed by atoms with Crippen LogP contribution in [0, 0.1) is 0 Å². The number of nitrogens with one attached hydrogen (secondary N) is 1. The van der Waals surface area contributed by atoms with Gasteiger partial charge in [-0.05, 0) is 19.9 Å². The Bertz CT molecular complexity index is 393. The number of hydrogen-bond donors (Lipinski definition) is 1. The summed E-state index contributed by atoms with van der Waals surface area (Å²) in [5, 5.41) is 2.47. The predicted molar refractivity (Wildman–Crippen MR) is 54.5 cm³/mol. The Morgan fingerprint density at radius 1 is 1.50 bits per heavy atom. The van der Waals surface area contributed by atoms with Gasteiger partial charge in [-0.25, -0.2) is 0 Å². The van der Waals surface area contributed by atoms with E-state index in [0.29, 0.717) is 5.56 Å². The number of hydrogen-bond acceptors (Lipinski definition) is 2. The zero-order valence-electron chi connectivity index (χ0n) is 8.57. The second kappa shape index (κ2) is 4.09. The van der Waals surface area contributed by atoms with E-state index in [4.69, 9.17) is 0 Å². The number of nitrogens with zero attached hydrogens (tertiary/aromatic N) is 1. The zero-order chi connectivity index (χ0) is 10.7. The summed E-state index contributed by atoms with van der Waals surface area (Å²) in [7, 11) is 1.54. The molecule has 1 heterocycles. The molecule has 4 heteroatoms. The molecule has 1 N–H and O–H groups in total. The number of aromatic nitrogens is 1. The first-order valence-electron chi connectivity index (χ1n) is 4.50. The second-order valence-electron chi connectivity index (χ2n) is 3.33. The van der Waals surface area contributed by atoms with Gasteiger partial charge in [-0.15, -0.1) is 0 Å². The Morgan fingerprint density at radius 3 is 2.57 bits per heavy atom. The molecular formula is C10H14N2O2. The Hall–Kier alpha value is -1.58. The topological polar surface area (TPSA) is 51.1 Å². The average Bonchev–Trinajstić information content (AvgIpc) is 2.15. The lowest BCUT2D eigenvalue weighted by atomic mass is 10.2. The van der Waals surface area contributed by atoms with Gasteiger partial charge >= 0.3 is 0 Å². The molecule has 0 unspecified atom stereocenters. The highest BCUT2D eigenvalue weighted by Crippen LogP contribution is 2.01. The molecule has 0 atom stereocenters. The van der Waals surface area contributed by atoms with Gasteiger partial charge in [-0.1, -0.05) is 0 Å². The van der Waals surface area contributed by atoms with Gasteiger partial charge in [0.05, 0.1) is 0 Å². The molecular weight excluding hydrogens is 180 g/mol. The van der Waals surface area contributed by atoms with Crippen LogP contribution >= 0.6 is 0 Å². The third kappa shape index (κ3) is 2.02. The van der Waals surface area contributed by atoms with Gasteiger partial charge in [-0.3, -0.25) is 9.59 Å². The quantitative estimate of drug-likeness (QED) is 0.756. The fourth-order valence-electron chi connectivity index (χ4n) is 1.20. The second-order valence-corrected chi connectivity index (χ2v) is 3.33. The maximum Gasteiger partial charge on any atom is 0.251 e. The first-order valence-corrected chi connectivity index (χ1v) is 4.50. The molecule has 0 saturated carbocycles. The standard InChI is InChI=1S/C10H14N2O2/c1-7(2)12-5-4-8(6-9(12)13)10(14)11-3/h4-7H,1-3H3,(H,11,14). The average molecular weight is 194 g/mol. The van der Waals surface area contributed by atoms with E-state index >= 15 is 0 Å².